The molecule has 4 nitrogen and oxygen atoms in total. The van der Waals surface area contributed by atoms with Gasteiger partial charge in [0.25, 0.3) is 0 Å². The van der Waals surface area contributed by atoms with E-state index in [0.717, 1.165) is 0 Å². The molecule has 1 aliphatic rings. The Bertz CT molecular complexity index is 278. The zero-order valence-electron chi connectivity index (χ0n) is 8.82. The maximum absolute atomic E-state index is 12.0. The molecule has 0 aliphatic carbocycles. The van der Waals surface area contributed by atoms with Crippen molar-refractivity contribution in [3.63, 3.8) is 0 Å². The summed E-state index contributed by atoms with van der Waals surface area (Å²) in [5.41, 5.74) is 5.83. The van der Waals surface area contributed by atoms with Crippen molar-refractivity contribution in [2.75, 3.05) is 19.0 Å². The normalized spacial score (nSPS) is 24.5. The van der Waals surface area contributed by atoms with Gasteiger partial charge in [-0.15, -0.1) is 0 Å². The number of hydrogen-bond acceptors (Lipinski definition) is 4. The van der Waals surface area contributed by atoms with Gasteiger partial charge in [-0.2, -0.15) is 0 Å². The number of nitrogens with two attached hydrogens (primary N) is 1. The van der Waals surface area contributed by atoms with Crippen LogP contribution in [0.5, 0.6) is 0 Å². The first kappa shape index (κ1) is 11.9. The van der Waals surface area contributed by atoms with E-state index in [0.29, 0.717) is 26.1 Å². The second-order valence-corrected chi connectivity index (χ2v) is 6.49. The van der Waals surface area contributed by atoms with Crippen LogP contribution in [-0.2, 0) is 14.6 Å². The molecule has 1 rings (SSSR count). The second-order valence-electron chi connectivity index (χ2n) is 3.87. The molecule has 5 heteroatoms. The van der Waals surface area contributed by atoms with E-state index in [4.69, 9.17) is 10.5 Å². The highest BCUT2D eigenvalue weighted by molar-refractivity contribution is 7.92. The quantitative estimate of drug-likeness (QED) is 0.745. The fourth-order valence-corrected chi connectivity index (χ4v) is 3.98. The molecule has 0 bridgehead atoms. The molecule has 14 heavy (non-hydrogen) atoms. The Labute approximate surface area is 85.7 Å². The Morgan fingerprint density at radius 3 is 2.29 bits per heavy atom. The van der Waals surface area contributed by atoms with E-state index in [-0.39, 0.29) is 11.8 Å². The van der Waals surface area contributed by atoms with Gasteiger partial charge < -0.3 is 10.5 Å². The predicted octanol–water partition coefficient (Wildman–Crippen LogP) is 0.317. The van der Waals surface area contributed by atoms with Crippen LogP contribution < -0.4 is 5.73 Å². The zero-order valence-corrected chi connectivity index (χ0v) is 9.64. The first-order chi connectivity index (χ1) is 6.46. The summed E-state index contributed by atoms with van der Waals surface area (Å²) in [5, 5.41) is 0. The van der Waals surface area contributed by atoms with Gasteiger partial charge in [0.2, 0.25) is 0 Å². The molecule has 0 aromatic carbocycles. The van der Waals surface area contributed by atoms with Crippen molar-refractivity contribution >= 4 is 9.84 Å². The summed E-state index contributed by atoms with van der Waals surface area (Å²) in [6, 6.07) is -0.323. The lowest BCUT2D eigenvalue weighted by Crippen LogP contribution is -2.55. The summed E-state index contributed by atoms with van der Waals surface area (Å²) in [5.74, 6) is 0.161. The van der Waals surface area contributed by atoms with Gasteiger partial charge in [0.15, 0.2) is 9.84 Å². The van der Waals surface area contributed by atoms with Crippen LogP contribution in [-0.4, -0.2) is 38.2 Å². The van der Waals surface area contributed by atoms with E-state index in [9.17, 15) is 8.42 Å². The Morgan fingerprint density at radius 2 is 1.93 bits per heavy atom. The molecule has 1 aliphatic heterocycles. The third-order valence-corrected chi connectivity index (χ3v) is 5.95. The van der Waals surface area contributed by atoms with Crippen molar-refractivity contribution in [1.29, 1.82) is 0 Å². The molecule has 1 heterocycles. The van der Waals surface area contributed by atoms with E-state index >= 15 is 0 Å². The van der Waals surface area contributed by atoms with Crippen molar-refractivity contribution in [2.45, 2.75) is 37.5 Å². The van der Waals surface area contributed by atoms with Gasteiger partial charge in [-0.05, 0) is 19.8 Å². The van der Waals surface area contributed by atoms with Crippen LogP contribution in [0.3, 0.4) is 0 Å². The molecule has 1 unspecified atom stereocenters. The van der Waals surface area contributed by atoms with Gasteiger partial charge in [-0.1, -0.05) is 6.92 Å². The lowest BCUT2D eigenvalue weighted by Gasteiger charge is -2.39. The molecule has 1 atom stereocenters. The summed E-state index contributed by atoms with van der Waals surface area (Å²) < 4.78 is 28.4. The van der Waals surface area contributed by atoms with Crippen LogP contribution >= 0.6 is 0 Å². The van der Waals surface area contributed by atoms with Crippen molar-refractivity contribution in [3.05, 3.63) is 0 Å². The van der Waals surface area contributed by atoms with Gasteiger partial charge in [0.1, 0.15) is 0 Å². The summed E-state index contributed by atoms with van der Waals surface area (Å²) in [7, 11) is -3.09. The minimum absolute atomic E-state index is 0.161. The van der Waals surface area contributed by atoms with E-state index in [2.05, 4.69) is 0 Å². The third kappa shape index (κ3) is 1.81. The molecule has 0 aromatic heterocycles. The largest absolute Gasteiger partial charge is 0.381 e. The highest BCUT2D eigenvalue weighted by Gasteiger charge is 2.46. The van der Waals surface area contributed by atoms with Gasteiger partial charge in [-0.25, -0.2) is 8.42 Å². The molecule has 2 N–H and O–H groups in total. The highest BCUT2D eigenvalue weighted by atomic mass is 32.2. The molecule has 0 aromatic rings. The van der Waals surface area contributed by atoms with Crippen LogP contribution in [0.1, 0.15) is 26.7 Å². The number of ether oxygens (including phenoxy) is 1. The third-order valence-electron chi connectivity index (χ3n) is 3.17. The number of hydrogen-bond donors (Lipinski definition) is 1. The Hall–Kier alpha value is -0.130. The van der Waals surface area contributed by atoms with Gasteiger partial charge in [0, 0.05) is 25.0 Å². The monoisotopic (exact) mass is 221 g/mol. The molecular weight excluding hydrogens is 202 g/mol. The zero-order chi connectivity index (χ0) is 10.8. The van der Waals surface area contributed by atoms with Crippen LogP contribution in [0.2, 0.25) is 0 Å². The summed E-state index contributed by atoms with van der Waals surface area (Å²) in [4.78, 5) is 0. The first-order valence-electron chi connectivity index (χ1n) is 5.02. The maximum atomic E-state index is 12.0. The molecule has 0 spiro atoms. The van der Waals surface area contributed by atoms with Crippen LogP contribution in [0.4, 0.5) is 0 Å². The topological polar surface area (TPSA) is 69.4 Å². The molecule has 1 saturated heterocycles. The predicted molar refractivity (Wildman–Crippen MR) is 55.9 cm³/mol. The number of sulfone groups is 1. The van der Waals surface area contributed by atoms with E-state index in [1.807, 2.05) is 0 Å². The van der Waals surface area contributed by atoms with E-state index < -0.39 is 14.6 Å². The molecular formula is C9H19NO3S. The maximum Gasteiger partial charge on any atom is 0.157 e. The minimum Gasteiger partial charge on any atom is -0.381 e. The van der Waals surface area contributed by atoms with Crippen molar-refractivity contribution in [2.24, 2.45) is 5.73 Å². The van der Waals surface area contributed by atoms with Crippen molar-refractivity contribution in [3.8, 4) is 0 Å². The molecule has 0 amide bonds. The standard InChI is InChI=1S/C9H19NO3S/c1-3-14(11,12)9(8(2)10)4-6-13-7-5-9/h8H,3-7,10H2,1-2H3. The van der Waals surface area contributed by atoms with Gasteiger partial charge in [-0.3, -0.25) is 0 Å². The minimum atomic E-state index is -3.09. The SMILES string of the molecule is CCS(=O)(=O)C1(C(C)N)CCOCC1. The summed E-state index contributed by atoms with van der Waals surface area (Å²) >= 11 is 0. The van der Waals surface area contributed by atoms with E-state index in [1.54, 1.807) is 13.8 Å². The Morgan fingerprint density at radius 1 is 1.43 bits per heavy atom. The molecule has 0 radical (unpaired) electrons. The molecule has 0 saturated carbocycles. The van der Waals surface area contributed by atoms with Crippen molar-refractivity contribution < 1.29 is 13.2 Å². The Kier molecular flexibility index (Phi) is 3.55. The van der Waals surface area contributed by atoms with Crippen LogP contribution in [0.25, 0.3) is 0 Å². The van der Waals surface area contributed by atoms with Gasteiger partial charge in [0.05, 0.1) is 4.75 Å². The summed E-state index contributed by atoms with van der Waals surface area (Å²) in [6.45, 7) is 4.45. The number of rotatable bonds is 3. The molecule has 84 valence electrons. The smallest absolute Gasteiger partial charge is 0.157 e. The van der Waals surface area contributed by atoms with E-state index in [1.165, 1.54) is 0 Å². The fourth-order valence-electron chi connectivity index (χ4n) is 2.05. The van der Waals surface area contributed by atoms with Crippen LogP contribution in [0.15, 0.2) is 0 Å². The second kappa shape index (κ2) is 4.16. The first-order valence-corrected chi connectivity index (χ1v) is 6.67. The lowest BCUT2D eigenvalue weighted by atomic mass is 9.92. The van der Waals surface area contributed by atoms with Gasteiger partial charge >= 0.3 is 0 Å². The average Bonchev–Trinajstić information content (AvgIpc) is 2.18. The van der Waals surface area contributed by atoms with Crippen LogP contribution in [0, 0.1) is 0 Å². The fraction of sp³-hybridized carbons (Fsp3) is 1.00. The lowest BCUT2D eigenvalue weighted by molar-refractivity contribution is 0.0692. The van der Waals surface area contributed by atoms with Crippen molar-refractivity contribution in [1.82, 2.24) is 0 Å². The average molecular weight is 221 g/mol. The summed E-state index contributed by atoms with van der Waals surface area (Å²) in [6.07, 6.45) is 1.06. The molecule has 1 fully saturated rings. The highest BCUT2D eigenvalue weighted by Crippen LogP contribution is 2.32. The Balaban J connectivity index is 3.04.